The van der Waals surface area contributed by atoms with E-state index in [1.165, 1.54) is 32.1 Å². The zero-order valence-electron chi connectivity index (χ0n) is 7.73. The van der Waals surface area contributed by atoms with Crippen LogP contribution in [0.3, 0.4) is 0 Å². The molecule has 1 N–H and O–H groups in total. The average Bonchev–Trinajstić information content (AvgIpc) is 2.59. The van der Waals surface area contributed by atoms with Gasteiger partial charge in [-0.2, -0.15) is 0 Å². The van der Waals surface area contributed by atoms with Crippen LogP contribution in [0.5, 0.6) is 0 Å². The third kappa shape index (κ3) is 1.79. The van der Waals surface area contributed by atoms with Crippen molar-refractivity contribution in [1.29, 1.82) is 0 Å². The average molecular weight is 167 g/mol. The molecule has 2 aliphatic carbocycles. The topological polar surface area (TPSA) is 29.1 Å². The van der Waals surface area contributed by atoms with Gasteiger partial charge in [0.05, 0.1) is 0 Å². The Labute approximate surface area is 73.7 Å². The fourth-order valence-electron chi connectivity index (χ4n) is 1.61. The third-order valence-corrected chi connectivity index (χ3v) is 3.16. The Kier molecular flexibility index (Phi) is 1.85. The van der Waals surface area contributed by atoms with Crippen LogP contribution in [-0.4, -0.2) is 11.9 Å². The summed E-state index contributed by atoms with van der Waals surface area (Å²) in [4.78, 5) is 11.4. The summed E-state index contributed by atoms with van der Waals surface area (Å²) in [5.74, 6) is 0.278. The Bertz CT molecular complexity index is 192. The molecule has 2 fully saturated rings. The Balaban J connectivity index is 1.69. The van der Waals surface area contributed by atoms with Crippen molar-refractivity contribution in [2.45, 2.75) is 51.5 Å². The highest BCUT2D eigenvalue weighted by Crippen LogP contribution is 2.48. The van der Waals surface area contributed by atoms with E-state index < -0.39 is 0 Å². The zero-order chi connectivity index (χ0) is 8.60. The Morgan fingerprint density at radius 1 is 1.50 bits per heavy atom. The lowest BCUT2D eigenvalue weighted by Gasteiger charge is -2.26. The molecule has 2 aliphatic rings. The smallest absolute Gasteiger partial charge is 0.220 e. The van der Waals surface area contributed by atoms with Crippen LogP contribution in [0.2, 0.25) is 0 Å². The van der Waals surface area contributed by atoms with E-state index >= 15 is 0 Å². The molecule has 0 radical (unpaired) electrons. The quantitative estimate of drug-likeness (QED) is 0.682. The van der Waals surface area contributed by atoms with Crippen LogP contribution in [0.15, 0.2) is 0 Å². The maximum absolute atomic E-state index is 11.4. The summed E-state index contributed by atoms with van der Waals surface area (Å²) in [6, 6.07) is 0.514. The van der Waals surface area contributed by atoms with Gasteiger partial charge in [-0.05, 0) is 37.5 Å². The lowest BCUT2D eigenvalue weighted by Crippen LogP contribution is -2.40. The molecule has 0 spiro atoms. The van der Waals surface area contributed by atoms with Crippen LogP contribution in [0.1, 0.15) is 45.4 Å². The number of amides is 1. The Hall–Kier alpha value is -0.530. The second kappa shape index (κ2) is 2.75. The zero-order valence-corrected chi connectivity index (χ0v) is 7.73. The number of nitrogens with one attached hydrogen (secondary N) is 1. The van der Waals surface area contributed by atoms with E-state index in [1.54, 1.807) is 0 Å². The molecule has 68 valence electrons. The fourth-order valence-corrected chi connectivity index (χ4v) is 1.61. The van der Waals surface area contributed by atoms with E-state index in [1.807, 2.05) is 0 Å². The van der Waals surface area contributed by atoms with E-state index in [9.17, 15) is 4.79 Å². The molecule has 2 saturated carbocycles. The Morgan fingerprint density at radius 2 is 2.17 bits per heavy atom. The number of carbonyl (C=O) groups is 1. The first kappa shape index (κ1) is 8.09. The molecule has 2 rings (SSSR count). The van der Waals surface area contributed by atoms with Crippen molar-refractivity contribution in [3.63, 3.8) is 0 Å². The molecule has 0 aromatic heterocycles. The monoisotopic (exact) mass is 167 g/mol. The first-order valence-corrected chi connectivity index (χ1v) is 4.97. The third-order valence-electron chi connectivity index (χ3n) is 3.16. The van der Waals surface area contributed by atoms with Gasteiger partial charge in [0.15, 0.2) is 0 Å². The van der Waals surface area contributed by atoms with Crippen LogP contribution in [0, 0.1) is 5.41 Å². The standard InChI is InChI=1S/C10H17NO/c1-10(5-6-10)7-9(12)11-8-3-2-4-8/h8H,2-7H2,1H3,(H,11,12). The van der Waals surface area contributed by atoms with Gasteiger partial charge in [0.2, 0.25) is 5.91 Å². The highest BCUT2D eigenvalue weighted by atomic mass is 16.1. The molecule has 0 bridgehead atoms. The lowest BCUT2D eigenvalue weighted by atomic mass is 9.92. The minimum atomic E-state index is 0.278. The number of carbonyl (C=O) groups excluding carboxylic acids is 1. The van der Waals surface area contributed by atoms with Gasteiger partial charge in [0, 0.05) is 12.5 Å². The molecule has 2 nitrogen and oxygen atoms in total. The highest BCUT2D eigenvalue weighted by Gasteiger charge is 2.39. The summed E-state index contributed by atoms with van der Waals surface area (Å²) >= 11 is 0. The van der Waals surface area contributed by atoms with Gasteiger partial charge >= 0.3 is 0 Å². The maximum atomic E-state index is 11.4. The van der Waals surface area contributed by atoms with Crippen LogP contribution in [0.25, 0.3) is 0 Å². The second-order valence-corrected chi connectivity index (χ2v) is 4.68. The van der Waals surface area contributed by atoms with Crippen molar-refractivity contribution in [2.75, 3.05) is 0 Å². The first-order valence-electron chi connectivity index (χ1n) is 4.97. The summed E-state index contributed by atoms with van der Waals surface area (Å²) in [5.41, 5.74) is 0.369. The van der Waals surface area contributed by atoms with Crippen molar-refractivity contribution in [1.82, 2.24) is 5.32 Å². The van der Waals surface area contributed by atoms with Gasteiger partial charge < -0.3 is 5.32 Å². The predicted molar refractivity (Wildman–Crippen MR) is 47.7 cm³/mol. The van der Waals surface area contributed by atoms with Gasteiger partial charge in [0.1, 0.15) is 0 Å². The maximum Gasteiger partial charge on any atom is 0.220 e. The van der Waals surface area contributed by atoms with Crippen LogP contribution in [0.4, 0.5) is 0 Å². The molecule has 2 heteroatoms. The van der Waals surface area contributed by atoms with E-state index in [0.29, 0.717) is 11.5 Å². The molecule has 0 atom stereocenters. The van der Waals surface area contributed by atoms with Crippen LogP contribution >= 0.6 is 0 Å². The fraction of sp³-hybridized carbons (Fsp3) is 0.900. The van der Waals surface area contributed by atoms with E-state index in [4.69, 9.17) is 0 Å². The minimum absolute atomic E-state index is 0.278. The first-order chi connectivity index (χ1) is 5.68. The van der Waals surface area contributed by atoms with E-state index in [0.717, 1.165) is 6.42 Å². The molecule has 12 heavy (non-hydrogen) atoms. The molecular formula is C10H17NO. The van der Waals surface area contributed by atoms with E-state index in [-0.39, 0.29) is 5.91 Å². The van der Waals surface area contributed by atoms with Gasteiger partial charge in [0.25, 0.3) is 0 Å². The van der Waals surface area contributed by atoms with Gasteiger partial charge in [-0.1, -0.05) is 6.92 Å². The largest absolute Gasteiger partial charge is 0.353 e. The molecule has 0 aromatic carbocycles. The summed E-state index contributed by atoms with van der Waals surface area (Å²) in [5, 5.41) is 3.07. The number of hydrogen-bond donors (Lipinski definition) is 1. The van der Waals surface area contributed by atoms with Crippen molar-refractivity contribution in [3.8, 4) is 0 Å². The molecule has 0 aromatic rings. The van der Waals surface area contributed by atoms with Crippen LogP contribution < -0.4 is 5.32 Å². The molecule has 0 saturated heterocycles. The highest BCUT2D eigenvalue weighted by molar-refractivity contribution is 5.77. The summed E-state index contributed by atoms with van der Waals surface area (Å²) in [7, 11) is 0. The van der Waals surface area contributed by atoms with Gasteiger partial charge in [-0.3, -0.25) is 4.79 Å². The predicted octanol–water partition coefficient (Wildman–Crippen LogP) is 1.85. The molecular weight excluding hydrogens is 150 g/mol. The van der Waals surface area contributed by atoms with E-state index in [2.05, 4.69) is 12.2 Å². The SMILES string of the molecule is CC1(CC(=O)NC2CCC2)CC1. The van der Waals surface area contributed by atoms with Crippen molar-refractivity contribution >= 4 is 5.91 Å². The van der Waals surface area contributed by atoms with Crippen molar-refractivity contribution in [3.05, 3.63) is 0 Å². The summed E-state index contributed by atoms with van der Waals surface area (Å²) in [6.07, 6.45) is 6.92. The second-order valence-electron chi connectivity index (χ2n) is 4.68. The molecule has 0 unspecified atom stereocenters. The van der Waals surface area contributed by atoms with Crippen molar-refractivity contribution < 1.29 is 4.79 Å². The van der Waals surface area contributed by atoms with Gasteiger partial charge in [-0.15, -0.1) is 0 Å². The molecule has 0 heterocycles. The lowest BCUT2D eigenvalue weighted by molar-refractivity contribution is -0.123. The number of hydrogen-bond acceptors (Lipinski definition) is 1. The summed E-state index contributed by atoms with van der Waals surface area (Å²) in [6.45, 7) is 2.20. The Morgan fingerprint density at radius 3 is 2.58 bits per heavy atom. The summed E-state index contributed by atoms with van der Waals surface area (Å²) < 4.78 is 0. The minimum Gasteiger partial charge on any atom is -0.353 e. The normalized spacial score (nSPS) is 26.1. The van der Waals surface area contributed by atoms with Crippen LogP contribution in [-0.2, 0) is 4.79 Å². The molecule has 1 amide bonds. The van der Waals surface area contributed by atoms with Crippen molar-refractivity contribution in [2.24, 2.45) is 5.41 Å². The van der Waals surface area contributed by atoms with Gasteiger partial charge in [-0.25, -0.2) is 0 Å². The number of rotatable bonds is 3. The molecule has 0 aliphatic heterocycles.